The predicted molar refractivity (Wildman–Crippen MR) is 92.5 cm³/mol. The minimum absolute atomic E-state index is 0.130. The number of allylic oxidation sites excluding steroid dienone is 1. The van der Waals surface area contributed by atoms with Crippen molar-refractivity contribution in [3.8, 4) is 0 Å². The molecule has 2 aromatic heterocycles. The van der Waals surface area contributed by atoms with Gasteiger partial charge < -0.3 is 8.98 Å². The van der Waals surface area contributed by atoms with E-state index in [2.05, 4.69) is 16.7 Å². The third kappa shape index (κ3) is 2.36. The Balaban J connectivity index is 1.68. The highest BCUT2D eigenvalue weighted by Gasteiger charge is 2.10. The van der Waals surface area contributed by atoms with Crippen molar-refractivity contribution in [1.82, 2.24) is 4.57 Å². The maximum Gasteiger partial charge on any atom is 0.221 e. The highest BCUT2D eigenvalue weighted by molar-refractivity contribution is 6.07. The van der Waals surface area contributed by atoms with Crippen molar-refractivity contribution in [1.29, 1.82) is 0 Å². The highest BCUT2D eigenvalue weighted by Crippen LogP contribution is 2.23. The summed E-state index contributed by atoms with van der Waals surface area (Å²) >= 11 is 0. The zero-order valence-corrected chi connectivity index (χ0v) is 12.7. The molecule has 3 heteroatoms. The van der Waals surface area contributed by atoms with Crippen LogP contribution in [0.4, 0.5) is 0 Å². The number of hydrogen-bond donors (Lipinski definition) is 0. The van der Waals surface area contributed by atoms with Crippen molar-refractivity contribution >= 4 is 33.7 Å². The average Bonchev–Trinajstić information content (AvgIpc) is 3.15. The molecule has 0 N–H and O–H groups in total. The monoisotopic (exact) mass is 301 g/mol. The van der Waals surface area contributed by atoms with E-state index in [1.807, 2.05) is 55.7 Å². The molecule has 3 nitrogen and oxygen atoms in total. The SMILES string of the molecule is Cn1cc(/C=C/C(=O)c2cc3ccccc3o2)c2ccccc21. The second-order valence-electron chi connectivity index (χ2n) is 5.56. The number of carbonyl (C=O) groups is 1. The molecule has 0 atom stereocenters. The van der Waals surface area contributed by atoms with Crippen LogP contribution in [0.1, 0.15) is 16.1 Å². The lowest BCUT2D eigenvalue weighted by molar-refractivity contribution is 0.102. The number of hydrogen-bond acceptors (Lipinski definition) is 2. The topological polar surface area (TPSA) is 35.1 Å². The van der Waals surface area contributed by atoms with Gasteiger partial charge in [-0.15, -0.1) is 0 Å². The molecule has 0 amide bonds. The molecule has 4 rings (SSSR count). The van der Waals surface area contributed by atoms with Gasteiger partial charge in [0.25, 0.3) is 0 Å². The first-order valence-corrected chi connectivity index (χ1v) is 7.47. The molecule has 0 saturated heterocycles. The fourth-order valence-corrected chi connectivity index (χ4v) is 2.86. The molecule has 2 heterocycles. The molecule has 0 saturated carbocycles. The van der Waals surface area contributed by atoms with Crippen molar-refractivity contribution < 1.29 is 9.21 Å². The van der Waals surface area contributed by atoms with Crippen LogP contribution in [0, 0.1) is 0 Å². The minimum Gasteiger partial charge on any atom is -0.453 e. The number of para-hydroxylation sites is 2. The van der Waals surface area contributed by atoms with Crippen molar-refractivity contribution in [2.75, 3.05) is 0 Å². The summed E-state index contributed by atoms with van der Waals surface area (Å²) in [4.78, 5) is 12.3. The Morgan fingerprint density at radius 2 is 1.87 bits per heavy atom. The van der Waals surface area contributed by atoms with E-state index in [0.717, 1.165) is 27.4 Å². The molecule has 0 aliphatic heterocycles. The van der Waals surface area contributed by atoms with E-state index in [1.165, 1.54) is 0 Å². The molecule has 0 aliphatic carbocycles. The standard InChI is InChI=1S/C20H15NO2/c1-21-13-15(16-7-3-4-8-17(16)21)10-11-18(22)20-12-14-6-2-5-9-19(14)23-20/h2-13H,1H3/b11-10+. The Bertz CT molecular complexity index is 1020. The number of aromatic nitrogens is 1. The quantitative estimate of drug-likeness (QED) is 0.401. The number of ketones is 1. The molecule has 0 unspecified atom stereocenters. The Labute approximate surface area is 133 Å². The lowest BCUT2D eigenvalue weighted by atomic mass is 10.1. The first-order chi connectivity index (χ1) is 11.2. The summed E-state index contributed by atoms with van der Waals surface area (Å²) in [7, 11) is 2.00. The van der Waals surface area contributed by atoms with Gasteiger partial charge in [-0.2, -0.15) is 0 Å². The molecule has 0 spiro atoms. The summed E-state index contributed by atoms with van der Waals surface area (Å²) in [6.45, 7) is 0. The first kappa shape index (κ1) is 13.6. The van der Waals surface area contributed by atoms with Crippen molar-refractivity contribution in [2.45, 2.75) is 0 Å². The van der Waals surface area contributed by atoms with Gasteiger partial charge in [-0.25, -0.2) is 0 Å². The zero-order chi connectivity index (χ0) is 15.8. The molecule has 23 heavy (non-hydrogen) atoms. The van der Waals surface area contributed by atoms with E-state index < -0.39 is 0 Å². The molecule has 2 aromatic carbocycles. The molecule has 0 fully saturated rings. The summed E-state index contributed by atoms with van der Waals surface area (Å²) in [6.07, 6.45) is 5.43. The minimum atomic E-state index is -0.130. The number of rotatable bonds is 3. The smallest absolute Gasteiger partial charge is 0.221 e. The third-order valence-electron chi connectivity index (χ3n) is 4.01. The predicted octanol–water partition coefficient (Wildman–Crippen LogP) is 4.82. The fraction of sp³-hybridized carbons (Fsp3) is 0.0500. The lowest BCUT2D eigenvalue weighted by Gasteiger charge is -1.93. The zero-order valence-electron chi connectivity index (χ0n) is 12.7. The number of furan rings is 1. The van der Waals surface area contributed by atoms with Gasteiger partial charge in [-0.05, 0) is 30.4 Å². The fourth-order valence-electron chi connectivity index (χ4n) is 2.86. The van der Waals surface area contributed by atoms with Crippen molar-refractivity contribution in [2.24, 2.45) is 7.05 Å². The first-order valence-electron chi connectivity index (χ1n) is 7.47. The van der Waals surface area contributed by atoms with Gasteiger partial charge in [0.05, 0.1) is 0 Å². The Hall–Kier alpha value is -3.07. The van der Waals surface area contributed by atoms with Gasteiger partial charge in [-0.1, -0.05) is 36.4 Å². The van der Waals surface area contributed by atoms with E-state index in [0.29, 0.717) is 5.76 Å². The number of aryl methyl sites for hydroxylation is 1. The highest BCUT2D eigenvalue weighted by atomic mass is 16.3. The number of benzene rings is 2. The van der Waals surface area contributed by atoms with Gasteiger partial charge in [-0.3, -0.25) is 4.79 Å². The van der Waals surface area contributed by atoms with E-state index in [1.54, 1.807) is 12.1 Å². The van der Waals surface area contributed by atoms with Gasteiger partial charge in [0.15, 0.2) is 5.76 Å². The molecular weight excluding hydrogens is 286 g/mol. The van der Waals surface area contributed by atoms with E-state index >= 15 is 0 Å². The van der Waals surface area contributed by atoms with Crippen molar-refractivity contribution in [3.05, 3.63) is 78.2 Å². The summed E-state index contributed by atoms with van der Waals surface area (Å²) < 4.78 is 7.66. The van der Waals surface area contributed by atoms with Crippen LogP contribution < -0.4 is 0 Å². The summed E-state index contributed by atoms with van der Waals surface area (Å²) in [5, 5.41) is 2.07. The van der Waals surface area contributed by atoms with Gasteiger partial charge in [0.1, 0.15) is 5.58 Å². The van der Waals surface area contributed by atoms with Crippen LogP contribution in [0.5, 0.6) is 0 Å². The number of nitrogens with zero attached hydrogens (tertiary/aromatic N) is 1. The summed E-state index contributed by atoms with van der Waals surface area (Å²) in [6, 6.07) is 17.5. The second-order valence-corrected chi connectivity index (χ2v) is 5.56. The molecule has 4 aromatic rings. The average molecular weight is 301 g/mol. The number of fused-ring (bicyclic) bond motifs is 2. The van der Waals surface area contributed by atoms with Gasteiger partial charge >= 0.3 is 0 Å². The largest absolute Gasteiger partial charge is 0.453 e. The van der Waals surface area contributed by atoms with Gasteiger partial charge in [0, 0.05) is 35.1 Å². The van der Waals surface area contributed by atoms with E-state index in [9.17, 15) is 4.79 Å². The third-order valence-corrected chi connectivity index (χ3v) is 4.01. The summed E-state index contributed by atoms with van der Waals surface area (Å²) in [5.74, 6) is 0.233. The molecule has 0 aliphatic rings. The molecule has 0 bridgehead atoms. The maximum absolute atomic E-state index is 12.3. The Kier molecular flexibility index (Phi) is 3.12. The lowest BCUT2D eigenvalue weighted by Crippen LogP contribution is -1.90. The second kappa shape index (κ2) is 5.29. The molecular formula is C20H15NO2. The van der Waals surface area contributed by atoms with Crippen LogP contribution in [0.3, 0.4) is 0 Å². The van der Waals surface area contributed by atoms with Crippen LogP contribution in [0.2, 0.25) is 0 Å². The number of carbonyl (C=O) groups excluding carboxylic acids is 1. The van der Waals surface area contributed by atoms with Crippen LogP contribution >= 0.6 is 0 Å². The maximum atomic E-state index is 12.3. The Morgan fingerprint density at radius 1 is 1.09 bits per heavy atom. The van der Waals surface area contributed by atoms with E-state index in [-0.39, 0.29) is 5.78 Å². The van der Waals surface area contributed by atoms with Crippen LogP contribution in [-0.4, -0.2) is 10.4 Å². The van der Waals surface area contributed by atoms with Crippen molar-refractivity contribution in [3.63, 3.8) is 0 Å². The Morgan fingerprint density at radius 3 is 2.74 bits per heavy atom. The van der Waals surface area contributed by atoms with Crippen LogP contribution in [-0.2, 0) is 7.05 Å². The molecule has 0 radical (unpaired) electrons. The van der Waals surface area contributed by atoms with E-state index in [4.69, 9.17) is 4.42 Å². The van der Waals surface area contributed by atoms with Gasteiger partial charge in [0.2, 0.25) is 5.78 Å². The summed E-state index contributed by atoms with van der Waals surface area (Å²) in [5.41, 5.74) is 2.89. The van der Waals surface area contributed by atoms with Crippen LogP contribution in [0.25, 0.3) is 27.9 Å². The normalized spacial score (nSPS) is 11.7. The molecule has 112 valence electrons. The van der Waals surface area contributed by atoms with Crippen LogP contribution in [0.15, 0.2) is 71.3 Å².